The van der Waals surface area contributed by atoms with Crippen molar-refractivity contribution in [1.82, 2.24) is 15.1 Å². The number of carbonyl (C=O) groups excluding carboxylic acids is 1. The minimum atomic E-state index is -0.507. The van der Waals surface area contributed by atoms with Crippen molar-refractivity contribution in [2.75, 3.05) is 39.8 Å². The first-order valence-electron chi connectivity index (χ1n) is 13.6. The molecule has 1 atom stereocenters. The van der Waals surface area contributed by atoms with Gasteiger partial charge in [0.1, 0.15) is 17.5 Å². The number of hydrogen-bond acceptors (Lipinski definition) is 6. The fourth-order valence-electron chi connectivity index (χ4n) is 5.69. The fraction of sp³-hybridized carbons (Fsp3) is 0.621. The van der Waals surface area contributed by atoms with Crippen LogP contribution in [0.5, 0.6) is 5.75 Å². The lowest BCUT2D eigenvalue weighted by Gasteiger charge is -2.51. The van der Waals surface area contributed by atoms with E-state index < -0.39 is 5.60 Å². The zero-order valence-electron chi connectivity index (χ0n) is 22.0. The Hall–Kier alpha value is -1.93. The largest absolute Gasteiger partial charge is 0.485 e. The van der Waals surface area contributed by atoms with Gasteiger partial charge in [0.15, 0.2) is 0 Å². The highest BCUT2D eigenvalue weighted by Gasteiger charge is 2.62. The quantitative estimate of drug-likeness (QED) is 0.503. The second-order valence-corrected chi connectivity index (χ2v) is 12.0. The molecule has 2 spiro atoms. The second kappa shape index (κ2) is 10.8. The van der Waals surface area contributed by atoms with E-state index in [1.54, 1.807) is 11.3 Å². The minimum absolute atomic E-state index is 0.0678. The van der Waals surface area contributed by atoms with Crippen LogP contribution in [-0.4, -0.2) is 72.7 Å². The summed E-state index contributed by atoms with van der Waals surface area (Å²) in [4.78, 5) is 18.8. The lowest BCUT2D eigenvalue weighted by atomic mass is 9.87. The lowest BCUT2D eigenvalue weighted by Crippen LogP contribution is -2.64. The number of hydrogen-bond donors (Lipinski definition) is 1. The van der Waals surface area contributed by atoms with Gasteiger partial charge in [0.2, 0.25) is 0 Å². The van der Waals surface area contributed by atoms with E-state index in [4.69, 9.17) is 9.47 Å². The van der Waals surface area contributed by atoms with Crippen molar-refractivity contribution in [2.45, 2.75) is 75.7 Å². The second-order valence-electron chi connectivity index (χ2n) is 11.0. The molecule has 2 saturated heterocycles. The summed E-state index contributed by atoms with van der Waals surface area (Å²) in [6, 6.07) is 13.0. The molecule has 6 nitrogen and oxygen atoms in total. The highest BCUT2D eigenvalue weighted by Crippen LogP contribution is 2.50. The summed E-state index contributed by atoms with van der Waals surface area (Å²) in [5, 5.41) is 5.38. The molecule has 0 radical (unpaired) electrons. The summed E-state index contributed by atoms with van der Waals surface area (Å²) in [5.74, 6) is 1.22. The van der Waals surface area contributed by atoms with Crippen LogP contribution >= 0.6 is 11.3 Å². The molecule has 2 aromatic rings. The highest BCUT2D eigenvalue weighted by atomic mass is 32.1. The van der Waals surface area contributed by atoms with Gasteiger partial charge in [0, 0.05) is 37.0 Å². The van der Waals surface area contributed by atoms with Crippen LogP contribution in [0.25, 0.3) is 0 Å². The average Bonchev–Trinajstić information content (AvgIpc) is 3.42. The first-order chi connectivity index (χ1) is 17.4. The van der Waals surface area contributed by atoms with E-state index in [-0.39, 0.29) is 23.7 Å². The monoisotopic (exact) mass is 511 g/mol. The van der Waals surface area contributed by atoms with Crippen LogP contribution in [0.4, 0.5) is 0 Å². The number of likely N-dealkylation sites (tertiary alicyclic amines) is 1. The van der Waals surface area contributed by atoms with E-state index >= 15 is 0 Å². The van der Waals surface area contributed by atoms with Gasteiger partial charge in [0.25, 0.3) is 5.91 Å². The first kappa shape index (κ1) is 25.7. The molecule has 1 saturated carbocycles. The average molecular weight is 512 g/mol. The van der Waals surface area contributed by atoms with E-state index in [1.807, 2.05) is 7.05 Å². The molecule has 36 heavy (non-hydrogen) atoms. The summed E-state index contributed by atoms with van der Waals surface area (Å²) in [6.45, 7) is 8.95. The number of ether oxygens (including phenoxy) is 2. The number of rotatable bonds is 10. The van der Waals surface area contributed by atoms with Crippen LogP contribution < -0.4 is 10.1 Å². The van der Waals surface area contributed by atoms with E-state index in [0.29, 0.717) is 0 Å². The fourth-order valence-corrected chi connectivity index (χ4v) is 6.48. The number of piperidine rings is 1. The number of nitrogens with zero attached hydrogens (tertiary/aromatic N) is 2. The van der Waals surface area contributed by atoms with Crippen molar-refractivity contribution in [2.24, 2.45) is 0 Å². The number of carbonyl (C=O) groups is 1. The standard InChI is InChI=1S/C29H41N3O3S/c1-22(2)32-21-28(35-29(12-13-29)27(32)33)14-18-31(19-15-28)17-11-23-7-4-5-8-24(23)34-25(10-16-30-3)26-9-6-20-36-26/h4-9,20,22,25,30H,10-19,21H2,1-3H3/t25-/m0/s1. The molecule has 0 bridgehead atoms. The molecule has 1 aliphatic carbocycles. The maximum Gasteiger partial charge on any atom is 0.255 e. The van der Waals surface area contributed by atoms with Gasteiger partial charge in [-0.15, -0.1) is 11.3 Å². The van der Waals surface area contributed by atoms with E-state index in [0.717, 1.165) is 77.0 Å². The molecule has 1 aromatic carbocycles. The maximum atomic E-state index is 12.9. The van der Waals surface area contributed by atoms with Crippen molar-refractivity contribution in [3.63, 3.8) is 0 Å². The maximum absolute atomic E-state index is 12.9. The summed E-state index contributed by atoms with van der Waals surface area (Å²) < 4.78 is 13.2. The summed E-state index contributed by atoms with van der Waals surface area (Å²) >= 11 is 1.76. The number of thiophene rings is 1. The van der Waals surface area contributed by atoms with Gasteiger partial charge in [-0.25, -0.2) is 0 Å². The zero-order chi connectivity index (χ0) is 25.2. The Morgan fingerprint density at radius 2 is 1.89 bits per heavy atom. The van der Waals surface area contributed by atoms with Crippen LogP contribution in [-0.2, 0) is 16.0 Å². The van der Waals surface area contributed by atoms with Gasteiger partial charge in [0.05, 0.1) is 12.1 Å². The predicted octanol–water partition coefficient (Wildman–Crippen LogP) is 4.65. The molecule has 3 aliphatic rings. The van der Waals surface area contributed by atoms with Crippen LogP contribution in [0.3, 0.4) is 0 Å². The molecule has 0 unspecified atom stereocenters. The van der Waals surface area contributed by atoms with E-state index in [9.17, 15) is 4.79 Å². The number of nitrogens with one attached hydrogen (secondary N) is 1. The Morgan fingerprint density at radius 1 is 1.11 bits per heavy atom. The highest BCUT2D eigenvalue weighted by molar-refractivity contribution is 7.10. The number of amides is 1. The summed E-state index contributed by atoms with van der Waals surface area (Å²) in [7, 11) is 1.99. The third-order valence-corrected chi connectivity index (χ3v) is 9.04. The Bertz CT molecular complexity index is 1010. The predicted molar refractivity (Wildman–Crippen MR) is 145 cm³/mol. The van der Waals surface area contributed by atoms with Crippen molar-refractivity contribution in [1.29, 1.82) is 0 Å². The molecule has 3 heterocycles. The van der Waals surface area contributed by atoms with Gasteiger partial charge in [-0.05, 0) is 82.6 Å². The van der Waals surface area contributed by atoms with Crippen LogP contribution in [0.2, 0.25) is 0 Å². The SMILES string of the molecule is CNCC[C@H](Oc1ccccc1CCN1CCC2(CC1)CN(C(C)C)C(=O)C1(CC1)O2)c1cccs1. The Labute approximate surface area is 220 Å². The minimum Gasteiger partial charge on any atom is -0.485 e. The van der Waals surface area contributed by atoms with Gasteiger partial charge in [-0.2, -0.15) is 0 Å². The molecule has 196 valence electrons. The van der Waals surface area contributed by atoms with Crippen LogP contribution in [0.1, 0.15) is 62.5 Å². The number of para-hydroxylation sites is 1. The Kier molecular flexibility index (Phi) is 7.73. The van der Waals surface area contributed by atoms with Crippen molar-refractivity contribution < 1.29 is 14.3 Å². The molecular formula is C29H41N3O3S. The molecule has 1 aromatic heterocycles. The lowest BCUT2D eigenvalue weighted by molar-refractivity contribution is -0.203. The normalized spacial score (nSPS) is 21.9. The summed E-state index contributed by atoms with van der Waals surface area (Å²) in [6.07, 6.45) is 5.74. The van der Waals surface area contributed by atoms with Crippen LogP contribution in [0, 0.1) is 0 Å². The van der Waals surface area contributed by atoms with E-state index in [1.165, 1.54) is 10.4 Å². The third-order valence-electron chi connectivity index (χ3n) is 8.07. The molecule has 7 heteroatoms. The topological polar surface area (TPSA) is 54.0 Å². The van der Waals surface area contributed by atoms with Gasteiger partial charge in [-0.3, -0.25) is 4.79 Å². The molecule has 2 aliphatic heterocycles. The van der Waals surface area contributed by atoms with Crippen molar-refractivity contribution >= 4 is 17.2 Å². The smallest absolute Gasteiger partial charge is 0.255 e. The Morgan fingerprint density at radius 3 is 2.56 bits per heavy atom. The summed E-state index contributed by atoms with van der Waals surface area (Å²) in [5.41, 5.74) is 0.590. The van der Waals surface area contributed by atoms with Gasteiger partial charge < -0.3 is 24.6 Å². The molecule has 3 fully saturated rings. The molecular weight excluding hydrogens is 470 g/mol. The van der Waals surface area contributed by atoms with Crippen molar-refractivity contribution in [3.05, 3.63) is 52.2 Å². The van der Waals surface area contributed by atoms with Gasteiger partial charge >= 0.3 is 0 Å². The van der Waals surface area contributed by atoms with Gasteiger partial charge in [-0.1, -0.05) is 24.3 Å². The molecule has 1 amide bonds. The first-order valence-corrected chi connectivity index (χ1v) is 14.5. The Balaban J connectivity index is 1.19. The number of benzene rings is 1. The zero-order valence-corrected chi connectivity index (χ0v) is 22.8. The number of morpholine rings is 1. The van der Waals surface area contributed by atoms with Crippen LogP contribution in [0.15, 0.2) is 41.8 Å². The van der Waals surface area contributed by atoms with Crippen molar-refractivity contribution in [3.8, 4) is 5.75 Å². The molecule has 1 N–H and O–H groups in total. The third kappa shape index (κ3) is 5.49. The van der Waals surface area contributed by atoms with E-state index in [2.05, 4.69) is 70.7 Å². The molecule has 5 rings (SSSR count).